The quantitative estimate of drug-likeness (QED) is 0.188. The second-order valence-electron chi connectivity index (χ2n) is 12.5. The lowest BCUT2D eigenvalue weighted by atomic mass is 10.0. The summed E-state index contributed by atoms with van der Waals surface area (Å²) in [6.45, 7) is 0. The van der Waals surface area contributed by atoms with Crippen LogP contribution in [0.3, 0.4) is 0 Å². The van der Waals surface area contributed by atoms with E-state index >= 15 is 0 Å². The number of hydrogen-bond acceptors (Lipinski definition) is 3. The molecule has 0 aliphatic heterocycles. The molecule has 0 spiro atoms. The van der Waals surface area contributed by atoms with Crippen molar-refractivity contribution in [2.45, 2.75) is 0 Å². The zero-order chi connectivity index (χ0) is 33.0. The average molecular weight is 640 g/mol. The van der Waals surface area contributed by atoms with Crippen LogP contribution in [0.2, 0.25) is 0 Å². The number of aromatic nitrogens is 5. The molecule has 10 rings (SSSR count). The van der Waals surface area contributed by atoms with E-state index in [-0.39, 0.29) is 0 Å². The van der Waals surface area contributed by atoms with Gasteiger partial charge < -0.3 is 4.57 Å². The van der Waals surface area contributed by atoms with Gasteiger partial charge in [-0.1, -0.05) is 146 Å². The van der Waals surface area contributed by atoms with Gasteiger partial charge in [-0.25, -0.2) is 4.98 Å². The van der Waals surface area contributed by atoms with Crippen molar-refractivity contribution in [1.29, 1.82) is 0 Å². The van der Waals surface area contributed by atoms with E-state index in [1.165, 1.54) is 27.3 Å². The maximum absolute atomic E-state index is 5.15. The summed E-state index contributed by atoms with van der Waals surface area (Å²) >= 11 is 0. The summed E-state index contributed by atoms with van der Waals surface area (Å²) in [5, 5.41) is 4.73. The molecule has 0 bridgehead atoms. The van der Waals surface area contributed by atoms with Crippen molar-refractivity contribution in [2.24, 2.45) is 0 Å². The number of rotatable bonds is 5. The lowest BCUT2D eigenvalue weighted by Gasteiger charge is -2.14. The highest BCUT2D eigenvalue weighted by molar-refractivity contribution is 6.29. The van der Waals surface area contributed by atoms with Crippen molar-refractivity contribution < 1.29 is 0 Å². The molecule has 0 radical (unpaired) electrons. The lowest BCUT2D eigenvalue weighted by Crippen LogP contribution is -2.06. The first-order chi connectivity index (χ1) is 24.8. The van der Waals surface area contributed by atoms with Gasteiger partial charge in [-0.2, -0.15) is 9.97 Å². The van der Waals surface area contributed by atoms with Gasteiger partial charge in [0.05, 0.1) is 27.8 Å². The molecule has 3 heterocycles. The van der Waals surface area contributed by atoms with Gasteiger partial charge in [-0.3, -0.25) is 4.57 Å². The summed E-state index contributed by atoms with van der Waals surface area (Å²) in [4.78, 5) is 15.3. The molecule has 3 aromatic heterocycles. The fraction of sp³-hybridized carbons (Fsp3) is 0. The molecule has 10 aromatic rings. The molecule has 0 amide bonds. The van der Waals surface area contributed by atoms with Crippen molar-refractivity contribution >= 4 is 43.6 Å². The number of nitrogens with zero attached hydrogens (tertiary/aromatic N) is 5. The summed E-state index contributed by atoms with van der Waals surface area (Å²) in [6.07, 6.45) is 0. The fourth-order valence-electron chi connectivity index (χ4n) is 7.42. The van der Waals surface area contributed by atoms with E-state index in [1.807, 2.05) is 60.7 Å². The van der Waals surface area contributed by atoms with E-state index in [0.717, 1.165) is 44.3 Å². The number of fused-ring (bicyclic) bond motifs is 7. The normalized spacial score (nSPS) is 11.6. The maximum atomic E-state index is 5.15. The topological polar surface area (TPSA) is 48.5 Å². The highest BCUT2D eigenvalue weighted by Crippen LogP contribution is 2.43. The van der Waals surface area contributed by atoms with E-state index < -0.39 is 0 Å². The van der Waals surface area contributed by atoms with Crippen LogP contribution in [-0.4, -0.2) is 24.1 Å². The summed E-state index contributed by atoms with van der Waals surface area (Å²) in [6, 6.07) is 61.4. The van der Waals surface area contributed by atoms with Crippen LogP contribution in [0.1, 0.15) is 0 Å². The molecule has 0 atom stereocenters. The van der Waals surface area contributed by atoms with Crippen molar-refractivity contribution in [2.75, 3.05) is 0 Å². The molecule has 5 nitrogen and oxygen atoms in total. The van der Waals surface area contributed by atoms with Gasteiger partial charge in [0, 0.05) is 38.2 Å². The fourth-order valence-corrected chi connectivity index (χ4v) is 7.42. The zero-order valence-corrected chi connectivity index (χ0v) is 27.0. The van der Waals surface area contributed by atoms with Crippen LogP contribution in [0.5, 0.6) is 0 Å². The number of hydrogen-bond donors (Lipinski definition) is 0. The van der Waals surface area contributed by atoms with Gasteiger partial charge in [0.2, 0.25) is 5.95 Å². The summed E-state index contributed by atoms with van der Waals surface area (Å²) < 4.78 is 4.62. The molecule has 0 aliphatic rings. The van der Waals surface area contributed by atoms with E-state index in [4.69, 9.17) is 15.0 Å². The van der Waals surface area contributed by atoms with E-state index in [1.54, 1.807) is 0 Å². The van der Waals surface area contributed by atoms with Crippen molar-refractivity contribution in [3.63, 3.8) is 0 Å². The lowest BCUT2D eigenvalue weighted by molar-refractivity contribution is 0.953. The highest BCUT2D eigenvalue weighted by atomic mass is 15.2. The van der Waals surface area contributed by atoms with Gasteiger partial charge in [0.15, 0.2) is 11.6 Å². The van der Waals surface area contributed by atoms with Crippen molar-refractivity contribution in [3.05, 3.63) is 176 Å². The predicted octanol–water partition coefficient (Wildman–Crippen LogP) is 11.1. The van der Waals surface area contributed by atoms with Gasteiger partial charge in [0.1, 0.15) is 0 Å². The first-order valence-corrected chi connectivity index (χ1v) is 16.8. The van der Waals surface area contributed by atoms with Crippen molar-refractivity contribution in [3.8, 4) is 45.5 Å². The zero-order valence-electron chi connectivity index (χ0n) is 27.0. The molecule has 7 aromatic carbocycles. The molecule has 0 unspecified atom stereocenters. The Morgan fingerprint density at radius 2 is 0.760 bits per heavy atom. The summed E-state index contributed by atoms with van der Waals surface area (Å²) in [5.74, 6) is 1.85. The molecule has 0 saturated carbocycles. The number of para-hydroxylation sites is 3. The monoisotopic (exact) mass is 639 g/mol. The minimum absolute atomic E-state index is 0.585. The second kappa shape index (κ2) is 11.4. The Morgan fingerprint density at radius 1 is 0.320 bits per heavy atom. The predicted molar refractivity (Wildman–Crippen MR) is 205 cm³/mol. The Balaban J connectivity index is 1.31. The smallest absolute Gasteiger partial charge is 0.238 e. The number of benzene rings is 7. The third-order valence-electron chi connectivity index (χ3n) is 9.59. The highest BCUT2D eigenvalue weighted by Gasteiger charge is 2.23. The van der Waals surface area contributed by atoms with Gasteiger partial charge in [0.25, 0.3) is 0 Å². The molecule has 0 saturated heterocycles. The summed E-state index contributed by atoms with van der Waals surface area (Å²) in [7, 11) is 0. The molecule has 5 heteroatoms. The molecule has 234 valence electrons. The SMILES string of the molecule is c1ccc(-c2nc(-c3ccccc3)nc(-n3c4ccccc4c4c5c6ccccc6n(-c6ccccc6-c6ccccc6)c5ccc43)n2)cc1. The van der Waals surface area contributed by atoms with Crippen LogP contribution >= 0.6 is 0 Å². The largest absolute Gasteiger partial charge is 0.309 e. The van der Waals surface area contributed by atoms with E-state index in [2.05, 4.69) is 124 Å². The maximum Gasteiger partial charge on any atom is 0.238 e. The van der Waals surface area contributed by atoms with E-state index in [9.17, 15) is 0 Å². The third kappa shape index (κ3) is 4.37. The van der Waals surface area contributed by atoms with Crippen LogP contribution in [-0.2, 0) is 0 Å². The van der Waals surface area contributed by atoms with Gasteiger partial charge in [-0.05, 0) is 35.9 Å². The van der Waals surface area contributed by atoms with E-state index in [0.29, 0.717) is 17.6 Å². The van der Waals surface area contributed by atoms with Gasteiger partial charge in [-0.15, -0.1) is 0 Å². The minimum Gasteiger partial charge on any atom is -0.309 e. The van der Waals surface area contributed by atoms with Crippen LogP contribution in [0.4, 0.5) is 0 Å². The standard InChI is InChI=1S/C45H29N5/c1-4-16-30(17-5-1)33-22-10-13-25-36(33)49-37-26-14-11-23-34(37)41-39(49)28-29-40-42(41)35-24-12-15-27-38(35)50(40)45-47-43(31-18-6-2-7-19-31)46-44(48-45)32-20-8-3-9-21-32/h1-29H. The van der Waals surface area contributed by atoms with Crippen molar-refractivity contribution in [1.82, 2.24) is 24.1 Å². The third-order valence-corrected chi connectivity index (χ3v) is 9.59. The molecule has 0 N–H and O–H groups in total. The molecular weight excluding hydrogens is 611 g/mol. The van der Waals surface area contributed by atoms with Crippen LogP contribution in [0, 0.1) is 0 Å². The molecule has 50 heavy (non-hydrogen) atoms. The average Bonchev–Trinajstić information content (AvgIpc) is 3.71. The Kier molecular flexibility index (Phi) is 6.42. The Bertz CT molecular complexity index is 2800. The Hall–Kier alpha value is -6.85. The van der Waals surface area contributed by atoms with Crippen LogP contribution in [0.25, 0.3) is 89.2 Å². The molecule has 0 aliphatic carbocycles. The molecular formula is C45H29N5. The summed E-state index contributed by atoms with van der Waals surface area (Å²) in [5.41, 5.74) is 9.79. The van der Waals surface area contributed by atoms with Gasteiger partial charge >= 0.3 is 0 Å². The van der Waals surface area contributed by atoms with Crippen LogP contribution < -0.4 is 0 Å². The Morgan fingerprint density at radius 3 is 1.34 bits per heavy atom. The van der Waals surface area contributed by atoms with Crippen LogP contribution in [0.15, 0.2) is 176 Å². The first-order valence-electron chi connectivity index (χ1n) is 16.8. The minimum atomic E-state index is 0.585. The second-order valence-corrected chi connectivity index (χ2v) is 12.5. The molecule has 0 fully saturated rings. The Labute approximate surface area is 288 Å². The first kappa shape index (κ1) is 28.2.